The molecule has 27 heavy (non-hydrogen) atoms. The SMILES string of the molecule is CCC(C)C(=O)NCC(=O)Nc1ccc(NC(=O)C(C)n2cncn2)cc1. The molecule has 0 saturated carbocycles. The van der Waals surface area contributed by atoms with Gasteiger partial charge in [0.05, 0.1) is 6.54 Å². The number of hydrogen-bond acceptors (Lipinski definition) is 5. The van der Waals surface area contributed by atoms with Gasteiger partial charge in [-0.3, -0.25) is 14.4 Å². The number of anilines is 2. The van der Waals surface area contributed by atoms with Crippen LogP contribution in [0.4, 0.5) is 11.4 Å². The summed E-state index contributed by atoms with van der Waals surface area (Å²) in [4.78, 5) is 39.6. The summed E-state index contributed by atoms with van der Waals surface area (Å²) in [6.07, 6.45) is 3.56. The molecular weight excluding hydrogens is 348 g/mol. The summed E-state index contributed by atoms with van der Waals surface area (Å²) < 4.78 is 1.46. The molecule has 0 fully saturated rings. The third kappa shape index (κ3) is 5.91. The predicted octanol–water partition coefficient (Wildman–Crippen LogP) is 1.58. The number of carbonyl (C=O) groups is 3. The Balaban J connectivity index is 1.83. The standard InChI is InChI=1S/C18H24N6O3/c1-4-12(2)17(26)20-9-16(25)22-14-5-7-15(8-6-14)23-18(27)13(3)24-11-19-10-21-24/h5-8,10-13H,4,9H2,1-3H3,(H,20,26)(H,22,25)(H,23,27). The first-order valence-corrected chi connectivity index (χ1v) is 8.73. The van der Waals surface area contributed by atoms with Crippen molar-refractivity contribution in [2.24, 2.45) is 5.92 Å². The van der Waals surface area contributed by atoms with Gasteiger partial charge in [-0.25, -0.2) is 9.67 Å². The van der Waals surface area contributed by atoms with Gasteiger partial charge in [0.1, 0.15) is 18.7 Å². The zero-order valence-electron chi connectivity index (χ0n) is 15.6. The number of aromatic nitrogens is 3. The quantitative estimate of drug-likeness (QED) is 0.650. The van der Waals surface area contributed by atoms with Gasteiger partial charge in [0.15, 0.2) is 0 Å². The Morgan fingerprint density at radius 2 is 1.67 bits per heavy atom. The Hall–Kier alpha value is -3.23. The number of benzene rings is 1. The number of nitrogens with zero attached hydrogens (tertiary/aromatic N) is 3. The predicted molar refractivity (Wildman–Crippen MR) is 101 cm³/mol. The summed E-state index contributed by atoms with van der Waals surface area (Å²) in [6, 6.07) is 6.20. The Kier molecular flexibility index (Phi) is 7.04. The van der Waals surface area contributed by atoms with Crippen molar-refractivity contribution in [2.75, 3.05) is 17.2 Å². The fourth-order valence-electron chi connectivity index (χ4n) is 2.15. The van der Waals surface area contributed by atoms with Gasteiger partial charge in [-0.2, -0.15) is 5.10 Å². The molecule has 0 radical (unpaired) electrons. The van der Waals surface area contributed by atoms with Crippen LogP contribution in [0.2, 0.25) is 0 Å². The van der Waals surface area contributed by atoms with E-state index in [4.69, 9.17) is 0 Å². The molecule has 2 unspecified atom stereocenters. The van der Waals surface area contributed by atoms with Crippen molar-refractivity contribution in [3.05, 3.63) is 36.9 Å². The van der Waals surface area contributed by atoms with Crippen molar-refractivity contribution in [3.8, 4) is 0 Å². The minimum absolute atomic E-state index is 0.0862. The van der Waals surface area contributed by atoms with Crippen LogP contribution in [-0.4, -0.2) is 39.0 Å². The molecular formula is C18H24N6O3. The number of hydrogen-bond donors (Lipinski definition) is 3. The van der Waals surface area contributed by atoms with E-state index < -0.39 is 6.04 Å². The lowest BCUT2D eigenvalue weighted by molar-refractivity contribution is -0.126. The zero-order valence-corrected chi connectivity index (χ0v) is 15.6. The van der Waals surface area contributed by atoms with Gasteiger partial charge >= 0.3 is 0 Å². The van der Waals surface area contributed by atoms with E-state index >= 15 is 0 Å². The first kappa shape index (κ1) is 20.1. The zero-order chi connectivity index (χ0) is 19.8. The number of carbonyl (C=O) groups excluding carboxylic acids is 3. The normalized spacial score (nSPS) is 12.7. The van der Waals surface area contributed by atoms with Crippen LogP contribution in [0.3, 0.4) is 0 Å². The molecule has 0 aliphatic carbocycles. The van der Waals surface area contributed by atoms with Crippen LogP contribution in [0.15, 0.2) is 36.9 Å². The maximum absolute atomic E-state index is 12.2. The molecule has 9 nitrogen and oxygen atoms in total. The van der Waals surface area contributed by atoms with E-state index in [1.165, 1.54) is 17.3 Å². The Morgan fingerprint density at radius 1 is 1.04 bits per heavy atom. The maximum atomic E-state index is 12.2. The summed E-state index contributed by atoms with van der Waals surface area (Å²) in [6.45, 7) is 5.35. The van der Waals surface area contributed by atoms with Gasteiger partial charge < -0.3 is 16.0 Å². The minimum Gasteiger partial charge on any atom is -0.347 e. The summed E-state index contributed by atoms with van der Waals surface area (Å²) in [5.41, 5.74) is 1.16. The highest BCUT2D eigenvalue weighted by molar-refractivity contribution is 5.96. The highest BCUT2D eigenvalue weighted by Gasteiger charge is 2.15. The highest BCUT2D eigenvalue weighted by Crippen LogP contribution is 2.15. The maximum Gasteiger partial charge on any atom is 0.249 e. The lowest BCUT2D eigenvalue weighted by Crippen LogP contribution is -2.35. The highest BCUT2D eigenvalue weighted by atomic mass is 16.2. The Labute approximate surface area is 157 Å². The van der Waals surface area contributed by atoms with Crippen LogP contribution >= 0.6 is 0 Å². The van der Waals surface area contributed by atoms with Gasteiger partial charge in [0.25, 0.3) is 0 Å². The molecule has 3 N–H and O–H groups in total. The van der Waals surface area contributed by atoms with E-state index in [2.05, 4.69) is 26.0 Å². The van der Waals surface area contributed by atoms with Gasteiger partial charge in [0.2, 0.25) is 17.7 Å². The second-order valence-corrected chi connectivity index (χ2v) is 6.19. The van der Waals surface area contributed by atoms with Crippen LogP contribution in [0.5, 0.6) is 0 Å². The van der Waals surface area contributed by atoms with Crippen molar-refractivity contribution < 1.29 is 14.4 Å². The van der Waals surface area contributed by atoms with Crippen molar-refractivity contribution in [1.29, 1.82) is 0 Å². The molecule has 144 valence electrons. The van der Waals surface area contributed by atoms with Crippen LogP contribution in [0, 0.1) is 5.92 Å². The van der Waals surface area contributed by atoms with E-state index in [0.29, 0.717) is 11.4 Å². The Morgan fingerprint density at radius 3 is 2.22 bits per heavy atom. The summed E-state index contributed by atoms with van der Waals surface area (Å²) in [5, 5.41) is 12.0. The molecule has 2 rings (SSSR count). The summed E-state index contributed by atoms with van der Waals surface area (Å²) >= 11 is 0. The van der Waals surface area contributed by atoms with Crippen molar-refractivity contribution in [1.82, 2.24) is 20.1 Å². The molecule has 1 aromatic heterocycles. The molecule has 2 atom stereocenters. The van der Waals surface area contributed by atoms with Crippen LogP contribution < -0.4 is 16.0 Å². The molecule has 0 aliphatic heterocycles. The Bertz CT molecular complexity index is 773. The number of amides is 3. The molecule has 3 amide bonds. The van der Waals surface area contributed by atoms with Gasteiger partial charge in [-0.05, 0) is 37.6 Å². The van der Waals surface area contributed by atoms with E-state index in [1.807, 2.05) is 13.8 Å². The van der Waals surface area contributed by atoms with Gasteiger partial charge in [0, 0.05) is 17.3 Å². The first-order chi connectivity index (χ1) is 12.9. The molecule has 0 bridgehead atoms. The van der Waals surface area contributed by atoms with Crippen molar-refractivity contribution in [3.63, 3.8) is 0 Å². The second-order valence-electron chi connectivity index (χ2n) is 6.19. The van der Waals surface area contributed by atoms with E-state index in [9.17, 15) is 14.4 Å². The average Bonchev–Trinajstić information content (AvgIpc) is 3.21. The topological polar surface area (TPSA) is 118 Å². The molecule has 1 aromatic carbocycles. The van der Waals surface area contributed by atoms with E-state index in [-0.39, 0.29) is 30.2 Å². The van der Waals surface area contributed by atoms with Gasteiger partial charge in [-0.1, -0.05) is 13.8 Å². The summed E-state index contributed by atoms with van der Waals surface area (Å²) in [5.74, 6) is -0.818. The number of nitrogens with one attached hydrogen (secondary N) is 3. The monoisotopic (exact) mass is 372 g/mol. The summed E-state index contributed by atoms with van der Waals surface area (Å²) in [7, 11) is 0. The van der Waals surface area contributed by atoms with E-state index in [0.717, 1.165) is 6.42 Å². The minimum atomic E-state index is -0.499. The average molecular weight is 372 g/mol. The number of rotatable bonds is 8. The lowest BCUT2D eigenvalue weighted by Gasteiger charge is -2.13. The van der Waals surface area contributed by atoms with Crippen LogP contribution in [0.25, 0.3) is 0 Å². The van der Waals surface area contributed by atoms with E-state index in [1.54, 1.807) is 31.2 Å². The molecule has 0 spiro atoms. The second kappa shape index (κ2) is 9.46. The fourth-order valence-corrected chi connectivity index (χ4v) is 2.15. The fraction of sp³-hybridized carbons (Fsp3) is 0.389. The van der Waals surface area contributed by atoms with Crippen LogP contribution in [0.1, 0.15) is 33.2 Å². The first-order valence-electron chi connectivity index (χ1n) is 8.73. The third-order valence-corrected chi connectivity index (χ3v) is 4.13. The molecule has 0 aliphatic rings. The molecule has 9 heteroatoms. The largest absolute Gasteiger partial charge is 0.347 e. The van der Waals surface area contributed by atoms with Crippen molar-refractivity contribution in [2.45, 2.75) is 33.2 Å². The molecule has 1 heterocycles. The smallest absolute Gasteiger partial charge is 0.249 e. The molecule has 0 saturated heterocycles. The van der Waals surface area contributed by atoms with Gasteiger partial charge in [-0.15, -0.1) is 0 Å². The third-order valence-electron chi connectivity index (χ3n) is 4.13. The van der Waals surface area contributed by atoms with Crippen LogP contribution in [-0.2, 0) is 14.4 Å². The van der Waals surface area contributed by atoms with Crippen molar-refractivity contribution >= 4 is 29.1 Å². The lowest BCUT2D eigenvalue weighted by atomic mass is 10.1. The molecule has 2 aromatic rings.